The number of rotatable bonds is 4. The Kier molecular flexibility index (Phi) is 4.46. The van der Waals surface area contributed by atoms with Gasteiger partial charge in [0.25, 0.3) is 0 Å². The number of hydrogen-bond acceptors (Lipinski definition) is 5. The number of carbonyl (C=O) groups excluding carboxylic acids is 2. The number of allylic oxidation sites excluding steroid dienone is 1. The summed E-state index contributed by atoms with van der Waals surface area (Å²) in [7, 11) is 0. The number of nitrogens with zero attached hydrogens (tertiary/aromatic N) is 3. The third-order valence-electron chi connectivity index (χ3n) is 3.66. The van der Waals surface area contributed by atoms with Crippen LogP contribution in [0.25, 0.3) is 5.69 Å². The predicted molar refractivity (Wildman–Crippen MR) is 85.1 cm³/mol. The monoisotopic (exact) mass is 345 g/mol. The van der Waals surface area contributed by atoms with Crippen molar-refractivity contribution in [2.75, 3.05) is 6.61 Å². The number of urea groups is 1. The first-order valence-corrected chi connectivity index (χ1v) is 7.63. The van der Waals surface area contributed by atoms with Crippen molar-refractivity contribution in [3.63, 3.8) is 0 Å². The first-order valence-electron chi connectivity index (χ1n) is 7.63. The number of nitrogens with one attached hydrogen (secondary N) is 2. The number of ether oxygens (including phenoxy) is 1. The van der Waals surface area contributed by atoms with Gasteiger partial charge in [0.15, 0.2) is 0 Å². The van der Waals surface area contributed by atoms with Gasteiger partial charge in [0, 0.05) is 5.70 Å². The van der Waals surface area contributed by atoms with Crippen LogP contribution in [0.1, 0.15) is 25.6 Å². The summed E-state index contributed by atoms with van der Waals surface area (Å²) in [6.45, 7) is 3.52. The molecule has 9 heteroatoms. The molecule has 0 aliphatic carbocycles. The minimum atomic E-state index is -0.790. The molecule has 1 aliphatic heterocycles. The third kappa shape index (κ3) is 3.35. The highest BCUT2D eigenvalue weighted by atomic mass is 19.1. The molecular weight excluding hydrogens is 329 g/mol. The largest absolute Gasteiger partial charge is 0.463 e. The molecule has 1 unspecified atom stereocenters. The summed E-state index contributed by atoms with van der Waals surface area (Å²) in [5.41, 5.74) is 1.61. The van der Waals surface area contributed by atoms with E-state index in [0.717, 1.165) is 0 Å². The van der Waals surface area contributed by atoms with Gasteiger partial charge in [0.05, 0.1) is 24.1 Å². The maximum Gasteiger partial charge on any atom is 0.338 e. The van der Waals surface area contributed by atoms with Crippen LogP contribution in [0.15, 0.2) is 41.7 Å². The van der Waals surface area contributed by atoms with Crippen molar-refractivity contribution in [2.24, 2.45) is 0 Å². The third-order valence-corrected chi connectivity index (χ3v) is 3.66. The minimum Gasteiger partial charge on any atom is -0.463 e. The molecule has 1 aliphatic rings. The van der Waals surface area contributed by atoms with E-state index in [2.05, 4.69) is 20.9 Å². The Morgan fingerprint density at radius 3 is 2.76 bits per heavy atom. The molecule has 0 spiro atoms. The summed E-state index contributed by atoms with van der Waals surface area (Å²) >= 11 is 0. The highest BCUT2D eigenvalue weighted by Crippen LogP contribution is 2.26. The molecule has 0 saturated heterocycles. The van der Waals surface area contributed by atoms with Crippen LogP contribution >= 0.6 is 0 Å². The van der Waals surface area contributed by atoms with E-state index in [1.807, 2.05) is 0 Å². The van der Waals surface area contributed by atoms with Gasteiger partial charge >= 0.3 is 12.0 Å². The molecule has 1 aromatic carbocycles. The zero-order chi connectivity index (χ0) is 18.0. The lowest BCUT2D eigenvalue weighted by molar-refractivity contribution is -0.139. The Hall–Kier alpha value is -3.23. The van der Waals surface area contributed by atoms with Crippen LogP contribution in [0.5, 0.6) is 0 Å². The average molecular weight is 345 g/mol. The van der Waals surface area contributed by atoms with E-state index in [0.29, 0.717) is 17.1 Å². The number of carbonyl (C=O) groups is 2. The summed E-state index contributed by atoms with van der Waals surface area (Å²) in [5.74, 6) is -0.910. The van der Waals surface area contributed by atoms with Crippen molar-refractivity contribution in [1.82, 2.24) is 25.6 Å². The van der Waals surface area contributed by atoms with Gasteiger partial charge < -0.3 is 15.4 Å². The number of hydrogen-bond donors (Lipinski definition) is 2. The summed E-state index contributed by atoms with van der Waals surface area (Å²) < 4.78 is 19.5. The Morgan fingerprint density at radius 1 is 1.36 bits per heavy atom. The molecule has 2 heterocycles. The first kappa shape index (κ1) is 16.6. The van der Waals surface area contributed by atoms with Crippen molar-refractivity contribution in [3.8, 4) is 5.69 Å². The zero-order valence-corrected chi connectivity index (χ0v) is 13.6. The van der Waals surface area contributed by atoms with Gasteiger partial charge in [0.1, 0.15) is 17.6 Å². The molecular formula is C16H16FN5O3. The van der Waals surface area contributed by atoms with Crippen LogP contribution in [0.4, 0.5) is 9.18 Å². The van der Waals surface area contributed by atoms with E-state index in [1.54, 1.807) is 32.2 Å². The van der Waals surface area contributed by atoms with Gasteiger partial charge in [-0.15, -0.1) is 5.10 Å². The summed E-state index contributed by atoms with van der Waals surface area (Å²) in [6, 6.07) is 4.45. The Morgan fingerprint density at radius 2 is 2.08 bits per heavy atom. The molecule has 0 bridgehead atoms. The van der Waals surface area contributed by atoms with Crippen molar-refractivity contribution in [1.29, 1.82) is 0 Å². The van der Waals surface area contributed by atoms with Gasteiger partial charge in [-0.2, -0.15) is 0 Å². The van der Waals surface area contributed by atoms with Gasteiger partial charge in [-0.1, -0.05) is 5.21 Å². The smallest absolute Gasteiger partial charge is 0.338 e. The van der Waals surface area contributed by atoms with Crippen LogP contribution in [0, 0.1) is 5.82 Å². The number of aromatic nitrogens is 3. The minimum absolute atomic E-state index is 0.207. The molecule has 25 heavy (non-hydrogen) atoms. The fraction of sp³-hybridized carbons (Fsp3) is 0.250. The number of halogens is 1. The lowest BCUT2D eigenvalue weighted by atomic mass is 10.0. The predicted octanol–water partition coefficient (Wildman–Crippen LogP) is 1.60. The van der Waals surface area contributed by atoms with Crippen molar-refractivity contribution in [3.05, 3.63) is 53.2 Å². The van der Waals surface area contributed by atoms with Crippen molar-refractivity contribution >= 4 is 12.0 Å². The van der Waals surface area contributed by atoms with Crippen LogP contribution < -0.4 is 10.6 Å². The second-order valence-electron chi connectivity index (χ2n) is 5.36. The van der Waals surface area contributed by atoms with E-state index >= 15 is 0 Å². The summed E-state index contributed by atoms with van der Waals surface area (Å²) in [6.07, 6.45) is 1.57. The van der Waals surface area contributed by atoms with E-state index < -0.39 is 18.0 Å². The normalized spacial score (nSPS) is 17.1. The summed E-state index contributed by atoms with van der Waals surface area (Å²) in [4.78, 5) is 24.0. The molecule has 8 nitrogen and oxygen atoms in total. The van der Waals surface area contributed by atoms with E-state index in [-0.39, 0.29) is 18.0 Å². The molecule has 1 atom stereocenters. The second kappa shape index (κ2) is 6.71. The molecule has 0 radical (unpaired) electrons. The standard InChI is InChI=1S/C16H16FN5O3/c1-3-25-15(23)13-9(2)18-16(24)19-14(13)12-8-22(21-20-12)11-6-4-10(17)5-7-11/h4-8,14H,3H2,1-2H3,(H2,18,19,24). The lowest BCUT2D eigenvalue weighted by Crippen LogP contribution is -2.45. The highest BCUT2D eigenvalue weighted by molar-refractivity contribution is 5.94. The molecule has 0 saturated carbocycles. The van der Waals surface area contributed by atoms with E-state index in [1.165, 1.54) is 16.8 Å². The molecule has 130 valence electrons. The van der Waals surface area contributed by atoms with Gasteiger partial charge in [0.2, 0.25) is 0 Å². The highest BCUT2D eigenvalue weighted by Gasteiger charge is 2.34. The topological polar surface area (TPSA) is 98.1 Å². The number of esters is 1. The molecule has 2 amide bonds. The Balaban J connectivity index is 1.96. The molecule has 0 fully saturated rings. The van der Waals surface area contributed by atoms with Crippen LogP contribution in [-0.4, -0.2) is 33.6 Å². The molecule has 2 N–H and O–H groups in total. The Bertz CT molecular complexity index is 844. The van der Waals surface area contributed by atoms with Crippen molar-refractivity contribution in [2.45, 2.75) is 19.9 Å². The lowest BCUT2D eigenvalue weighted by Gasteiger charge is -2.26. The fourth-order valence-corrected chi connectivity index (χ4v) is 2.52. The SMILES string of the molecule is CCOC(=O)C1=C(C)NC(=O)NC1c1cn(-c2ccc(F)cc2)nn1. The van der Waals surface area contributed by atoms with Crippen molar-refractivity contribution < 1.29 is 18.7 Å². The number of benzene rings is 1. The number of amides is 2. The van der Waals surface area contributed by atoms with Crippen LogP contribution in [0.2, 0.25) is 0 Å². The van der Waals surface area contributed by atoms with E-state index in [4.69, 9.17) is 4.74 Å². The maximum absolute atomic E-state index is 13.0. The summed E-state index contributed by atoms with van der Waals surface area (Å²) in [5, 5.41) is 13.2. The maximum atomic E-state index is 13.0. The van der Waals surface area contributed by atoms with Gasteiger partial charge in [-0.05, 0) is 38.1 Å². The Labute approximate surface area is 142 Å². The van der Waals surface area contributed by atoms with E-state index in [9.17, 15) is 14.0 Å². The molecule has 2 aromatic rings. The fourth-order valence-electron chi connectivity index (χ4n) is 2.52. The molecule has 1 aromatic heterocycles. The first-order chi connectivity index (χ1) is 12.0. The van der Waals surface area contributed by atoms with Crippen LogP contribution in [0.3, 0.4) is 0 Å². The quantitative estimate of drug-likeness (QED) is 0.820. The van der Waals surface area contributed by atoms with Gasteiger partial charge in [-0.3, -0.25) is 0 Å². The molecule has 3 rings (SSSR count). The van der Waals surface area contributed by atoms with Gasteiger partial charge in [-0.25, -0.2) is 18.7 Å². The van der Waals surface area contributed by atoms with Crippen LogP contribution in [-0.2, 0) is 9.53 Å². The average Bonchev–Trinajstić information content (AvgIpc) is 3.04. The second-order valence-corrected chi connectivity index (χ2v) is 5.36. The zero-order valence-electron chi connectivity index (χ0n) is 13.6.